The Labute approximate surface area is 157 Å². The molecular formula is C22H20N4O. The number of hydrogen-bond acceptors (Lipinski definition) is 5. The molecule has 2 aromatic carbocycles. The molecule has 3 N–H and O–H groups in total. The monoisotopic (exact) mass is 356 g/mol. The molecule has 0 amide bonds. The second-order valence-corrected chi connectivity index (χ2v) is 6.71. The molecule has 134 valence electrons. The summed E-state index contributed by atoms with van der Waals surface area (Å²) in [5.41, 5.74) is 12.7. The summed E-state index contributed by atoms with van der Waals surface area (Å²) in [7, 11) is 0. The normalized spacial score (nSPS) is 11.0. The van der Waals surface area contributed by atoms with Gasteiger partial charge in [0.05, 0.1) is 16.9 Å². The van der Waals surface area contributed by atoms with Gasteiger partial charge in [0.2, 0.25) is 5.95 Å². The number of hydrogen-bond donors (Lipinski definition) is 2. The molecule has 0 atom stereocenters. The van der Waals surface area contributed by atoms with Crippen molar-refractivity contribution in [2.75, 3.05) is 5.73 Å². The van der Waals surface area contributed by atoms with Gasteiger partial charge in [0.1, 0.15) is 11.3 Å². The third-order valence-corrected chi connectivity index (χ3v) is 4.63. The smallest absolute Gasteiger partial charge is 0.220 e. The van der Waals surface area contributed by atoms with Gasteiger partial charge < -0.3 is 10.8 Å². The maximum atomic E-state index is 10.0. The van der Waals surface area contributed by atoms with E-state index in [1.54, 1.807) is 0 Å². The first-order valence-corrected chi connectivity index (χ1v) is 8.79. The second-order valence-electron chi connectivity index (χ2n) is 6.71. The van der Waals surface area contributed by atoms with E-state index in [0.717, 1.165) is 44.7 Å². The van der Waals surface area contributed by atoms with Crippen molar-refractivity contribution in [2.24, 2.45) is 0 Å². The fourth-order valence-electron chi connectivity index (χ4n) is 3.27. The third-order valence-electron chi connectivity index (χ3n) is 4.63. The van der Waals surface area contributed by atoms with Gasteiger partial charge in [-0.2, -0.15) is 0 Å². The summed E-state index contributed by atoms with van der Waals surface area (Å²) in [6, 6.07) is 17.8. The summed E-state index contributed by atoms with van der Waals surface area (Å²) in [5, 5.41) is 10.0. The molecule has 0 spiro atoms. The Balaban J connectivity index is 1.86. The Hall–Kier alpha value is -3.47. The number of anilines is 1. The van der Waals surface area contributed by atoms with Crippen LogP contribution in [0.5, 0.6) is 5.75 Å². The number of aromatic hydroxyl groups is 1. The Kier molecular flexibility index (Phi) is 4.20. The molecule has 4 aromatic rings. The van der Waals surface area contributed by atoms with Gasteiger partial charge in [-0.1, -0.05) is 30.3 Å². The standard InChI is InChI=1S/C22H20N4O/c1-13-10-16(11-14(2)21(13)27)17-8-9-18-20(24-17)19(26-22(23)25-18)12-15-6-4-3-5-7-15/h3-11,27H,12H2,1-2H3,(H2,23,25,26). The predicted octanol–water partition coefficient (Wildman–Crippen LogP) is 4.19. The van der Waals surface area contributed by atoms with Crippen LogP contribution in [-0.4, -0.2) is 20.1 Å². The number of nitrogens with zero attached hydrogens (tertiary/aromatic N) is 3. The first kappa shape index (κ1) is 17.0. The summed E-state index contributed by atoms with van der Waals surface area (Å²) in [5.74, 6) is 0.569. The van der Waals surface area contributed by atoms with Crippen molar-refractivity contribution in [1.82, 2.24) is 15.0 Å². The van der Waals surface area contributed by atoms with E-state index >= 15 is 0 Å². The van der Waals surface area contributed by atoms with Crippen LogP contribution in [0.25, 0.3) is 22.3 Å². The molecule has 0 aliphatic heterocycles. The Morgan fingerprint density at radius 2 is 1.59 bits per heavy atom. The average Bonchev–Trinajstić information content (AvgIpc) is 2.66. The van der Waals surface area contributed by atoms with Crippen molar-refractivity contribution in [2.45, 2.75) is 20.3 Å². The molecule has 2 heterocycles. The maximum absolute atomic E-state index is 10.0. The number of aryl methyl sites for hydroxylation is 2. The topological polar surface area (TPSA) is 84.9 Å². The van der Waals surface area contributed by atoms with E-state index in [0.29, 0.717) is 12.2 Å². The van der Waals surface area contributed by atoms with Crippen LogP contribution in [0.3, 0.4) is 0 Å². The highest BCUT2D eigenvalue weighted by Crippen LogP contribution is 2.29. The van der Waals surface area contributed by atoms with E-state index in [4.69, 9.17) is 10.7 Å². The lowest BCUT2D eigenvalue weighted by Gasteiger charge is -2.10. The molecule has 27 heavy (non-hydrogen) atoms. The SMILES string of the molecule is Cc1cc(-c2ccc3nc(N)nc(Cc4ccccc4)c3n2)cc(C)c1O. The summed E-state index contributed by atoms with van der Waals surface area (Å²) >= 11 is 0. The number of benzene rings is 2. The van der Waals surface area contributed by atoms with E-state index in [9.17, 15) is 5.11 Å². The van der Waals surface area contributed by atoms with Gasteiger partial charge in [-0.25, -0.2) is 15.0 Å². The molecule has 0 saturated carbocycles. The fraction of sp³-hybridized carbons (Fsp3) is 0.136. The molecule has 4 rings (SSSR count). The van der Waals surface area contributed by atoms with Crippen LogP contribution in [-0.2, 0) is 6.42 Å². The number of pyridine rings is 1. The molecule has 0 aliphatic carbocycles. The van der Waals surface area contributed by atoms with Crippen LogP contribution >= 0.6 is 0 Å². The first-order valence-electron chi connectivity index (χ1n) is 8.79. The molecule has 0 fully saturated rings. The van der Waals surface area contributed by atoms with Crippen molar-refractivity contribution in [3.63, 3.8) is 0 Å². The van der Waals surface area contributed by atoms with E-state index < -0.39 is 0 Å². The summed E-state index contributed by atoms with van der Waals surface area (Å²) in [6.07, 6.45) is 0.633. The summed E-state index contributed by atoms with van der Waals surface area (Å²) < 4.78 is 0. The minimum atomic E-state index is 0.249. The van der Waals surface area contributed by atoms with Crippen LogP contribution in [0.4, 0.5) is 5.95 Å². The third kappa shape index (κ3) is 3.31. The number of phenolic OH excluding ortho intramolecular Hbond substituents is 1. The molecule has 0 aliphatic rings. The Morgan fingerprint density at radius 3 is 2.30 bits per heavy atom. The molecule has 0 unspecified atom stereocenters. The highest BCUT2D eigenvalue weighted by Gasteiger charge is 2.12. The lowest BCUT2D eigenvalue weighted by atomic mass is 10.0. The van der Waals surface area contributed by atoms with Gasteiger partial charge in [-0.15, -0.1) is 0 Å². The molecule has 5 nitrogen and oxygen atoms in total. The molecule has 0 bridgehead atoms. The zero-order valence-corrected chi connectivity index (χ0v) is 15.3. The van der Waals surface area contributed by atoms with Crippen molar-refractivity contribution >= 4 is 17.0 Å². The fourth-order valence-corrected chi connectivity index (χ4v) is 3.27. The minimum Gasteiger partial charge on any atom is -0.507 e. The van der Waals surface area contributed by atoms with Crippen molar-refractivity contribution in [3.05, 3.63) is 77.0 Å². The second kappa shape index (κ2) is 6.68. The summed E-state index contributed by atoms with van der Waals surface area (Å²) in [6.45, 7) is 3.77. The van der Waals surface area contributed by atoms with Crippen LogP contribution < -0.4 is 5.73 Å². The average molecular weight is 356 g/mol. The lowest BCUT2D eigenvalue weighted by molar-refractivity contribution is 0.467. The van der Waals surface area contributed by atoms with Gasteiger partial charge in [-0.05, 0) is 54.8 Å². The van der Waals surface area contributed by atoms with Crippen molar-refractivity contribution < 1.29 is 5.11 Å². The molecule has 0 saturated heterocycles. The predicted molar refractivity (Wildman–Crippen MR) is 108 cm³/mol. The summed E-state index contributed by atoms with van der Waals surface area (Å²) in [4.78, 5) is 13.6. The number of rotatable bonds is 3. The van der Waals surface area contributed by atoms with Crippen LogP contribution in [0, 0.1) is 13.8 Å². The van der Waals surface area contributed by atoms with E-state index in [-0.39, 0.29) is 5.95 Å². The quantitative estimate of drug-likeness (QED) is 0.575. The number of aromatic nitrogens is 3. The first-order chi connectivity index (χ1) is 13.0. The van der Waals surface area contributed by atoms with Crippen LogP contribution in [0.2, 0.25) is 0 Å². The molecule has 2 aromatic heterocycles. The van der Waals surface area contributed by atoms with Gasteiger partial charge in [-0.3, -0.25) is 0 Å². The van der Waals surface area contributed by atoms with Crippen molar-refractivity contribution in [3.8, 4) is 17.0 Å². The van der Waals surface area contributed by atoms with Gasteiger partial charge in [0, 0.05) is 12.0 Å². The number of phenols is 1. The Morgan fingerprint density at radius 1 is 0.889 bits per heavy atom. The zero-order chi connectivity index (χ0) is 19.0. The van der Waals surface area contributed by atoms with Crippen LogP contribution in [0.1, 0.15) is 22.4 Å². The molecular weight excluding hydrogens is 336 g/mol. The Bertz CT molecular complexity index is 1120. The van der Waals surface area contributed by atoms with Gasteiger partial charge in [0.25, 0.3) is 0 Å². The van der Waals surface area contributed by atoms with E-state index in [2.05, 4.69) is 22.1 Å². The lowest BCUT2D eigenvalue weighted by Crippen LogP contribution is -2.03. The highest BCUT2D eigenvalue weighted by molar-refractivity contribution is 5.81. The molecule has 0 radical (unpaired) electrons. The minimum absolute atomic E-state index is 0.249. The van der Waals surface area contributed by atoms with E-state index in [1.165, 1.54) is 0 Å². The number of fused-ring (bicyclic) bond motifs is 1. The largest absolute Gasteiger partial charge is 0.507 e. The van der Waals surface area contributed by atoms with Gasteiger partial charge in [0.15, 0.2) is 0 Å². The maximum Gasteiger partial charge on any atom is 0.220 e. The molecule has 5 heteroatoms. The van der Waals surface area contributed by atoms with Gasteiger partial charge >= 0.3 is 0 Å². The zero-order valence-electron chi connectivity index (χ0n) is 15.3. The van der Waals surface area contributed by atoms with E-state index in [1.807, 2.05) is 56.3 Å². The van der Waals surface area contributed by atoms with Crippen LogP contribution in [0.15, 0.2) is 54.6 Å². The number of nitrogen functional groups attached to an aromatic ring is 1. The van der Waals surface area contributed by atoms with Crippen molar-refractivity contribution in [1.29, 1.82) is 0 Å². The highest BCUT2D eigenvalue weighted by atomic mass is 16.3. The number of nitrogens with two attached hydrogens (primary N) is 1.